The molecule has 0 aliphatic carbocycles. The van der Waals surface area contributed by atoms with Gasteiger partial charge in [0.25, 0.3) is 0 Å². The maximum Gasteiger partial charge on any atom is 0.238 e. The number of hydrogen-bond donors (Lipinski definition) is 8. The van der Waals surface area contributed by atoms with Crippen LogP contribution in [0.5, 0.6) is 28.7 Å². The number of ether oxygens (including phenoxy) is 2. The highest BCUT2D eigenvalue weighted by Crippen LogP contribution is 2.38. The molecule has 0 radical (unpaired) electrons. The number of hydrogen-bond acceptors (Lipinski definition) is 12. The van der Waals surface area contributed by atoms with Gasteiger partial charge in [-0.3, -0.25) is 4.79 Å². The summed E-state index contributed by atoms with van der Waals surface area (Å²) in [6.45, 7) is -0.711. The van der Waals surface area contributed by atoms with Gasteiger partial charge in [0.05, 0.1) is 6.61 Å². The predicted octanol–water partition coefficient (Wildman–Crippen LogP) is -0.539. The summed E-state index contributed by atoms with van der Waals surface area (Å²) in [4.78, 5) is 13.0. The third-order valence-electron chi connectivity index (χ3n) is 5.25. The summed E-state index contributed by atoms with van der Waals surface area (Å²) in [7, 11) is 0. The molecular weight excluding hydrogens is 444 g/mol. The first kappa shape index (κ1) is 22.6. The van der Waals surface area contributed by atoms with Crippen LogP contribution < -0.4 is 10.2 Å². The molecule has 8 N–H and O–H groups in total. The van der Waals surface area contributed by atoms with E-state index < -0.39 is 71.5 Å². The van der Waals surface area contributed by atoms with Gasteiger partial charge in [0.1, 0.15) is 46.9 Å². The van der Waals surface area contributed by atoms with E-state index in [1.807, 2.05) is 0 Å². The second-order valence-electron chi connectivity index (χ2n) is 7.44. The van der Waals surface area contributed by atoms with E-state index in [1.54, 1.807) is 0 Å². The highest BCUT2D eigenvalue weighted by atomic mass is 16.7. The lowest BCUT2D eigenvalue weighted by Crippen LogP contribution is -2.60. The van der Waals surface area contributed by atoms with Gasteiger partial charge in [-0.05, 0) is 18.2 Å². The molecule has 12 heteroatoms. The average Bonchev–Trinajstić information content (AvgIpc) is 2.78. The summed E-state index contributed by atoms with van der Waals surface area (Å²) in [5, 5.41) is 78.7. The van der Waals surface area contributed by atoms with E-state index in [-0.39, 0.29) is 22.3 Å². The molecule has 5 atom stereocenters. The average molecular weight is 464 g/mol. The number of aromatic hydroxyl groups is 4. The Labute approximate surface area is 184 Å². The Balaban J connectivity index is 1.81. The molecule has 2 heterocycles. The van der Waals surface area contributed by atoms with Crippen LogP contribution in [0.3, 0.4) is 0 Å². The predicted molar refractivity (Wildman–Crippen MR) is 109 cm³/mol. The van der Waals surface area contributed by atoms with Crippen LogP contribution in [0.2, 0.25) is 0 Å². The van der Waals surface area contributed by atoms with Crippen molar-refractivity contribution in [1.29, 1.82) is 0 Å². The van der Waals surface area contributed by atoms with Crippen molar-refractivity contribution in [3.05, 3.63) is 40.6 Å². The van der Waals surface area contributed by atoms with Gasteiger partial charge in [0.15, 0.2) is 17.3 Å². The Morgan fingerprint density at radius 1 is 0.909 bits per heavy atom. The molecule has 0 unspecified atom stereocenters. The summed E-state index contributed by atoms with van der Waals surface area (Å²) in [6, 6.07) is 5.47. The number of phenols is 3. The molecule has 1 aromatic heterocycles. The van der Waals surface area contributed by atoms with E-state index in [9.17, 15) is 45.6 Å². The van der Waals surface area contributed by atoms with E-state index in [4.69, 9.17) is 13.9 Å². The van der Waals surface area contributed by atoms with Crippen molar-refractivity contribution < 1.29 is 54.7 Å². The summed E-state index contributed by atoms with van der Waals surface area (Å²) in [6.07, 6.45) is -8.12. The van der Waals surface area contributed by atoms with Gasteiger partial charge in [-0.1, -0.05) is 0 Å². The topological polar surface area (TPSA) is 211 Å². The third-order valence-corrected chi connectivity index (χ3v) is 5.25. The SMILES string of the molecule is O=c1c(O)c(-c2ccc(O)c(O)c2)oc2cc(O)cc(O[C@H]3O[C@@H](CO)[C@H](O)[C@@H](O)[C@@H]3O)c12. The molecule has 3 aromatic rings. The van der Waals surface area contributed by atoms with Gasteiger partial charge in [-0.15, -0.1) is 0 Å². The Hall–Kier alpha value is -3.55. The first-order chi connectivity index (χ1) is 15.6. The number of aliphatic hydroxyl groups excluding tert-OH is 4. The molecule has 1 saturated heterocycles. The molecule has 176 valence electrons. The summed E-state index contributed by atoms with van der Waals surface area (Å²) < 4.78 is 16.3. The highest BCUT2D eigenvalue weighted by molar-refractivity contribution is 5.88. The van der Waals surface area contributed by atoms with Crippen LogP contribution in [-0.2, 0) is 4.74 Å². The zero-order chi connectivity index (χ0) is 24.0. The highest BCUT2D eigenvalue weighted by Gasteiger charge is 2.45. The van der Waals surface area contributed by atoms with E-state index in [2.05, 4.69) is 0 Å². The molecule has 0 spiro atoms. The van der Waals surface area contributed by atoms with Gasteiger partial charge in [-0.25, -0.2) is 0 Å². The van der Waals surface area contributed by atoms with Crippen LogP contribution in [0.15, 0.2) is 39.5 Å². The Bertz CT molecular complexity index is 1250. The fourth-order valence-corrected chi connectivity index (χ4v) is 3.50. The summed E-state index contributed by atoms with van der Waals surface area (Å²) in [5.74, 6) is -3.04. The van der Waals surface area contributed by atoms with Crippen LogP contribution in [0, 0.1) is 0 Å². The number of benzene rings is 2. The van der Waals surface area contributed by atoms with Crippen LogP contribution in [0.1, 0.15) is 0 Å². The van der Waals surface area contributed by atoms with Gasteiger partial charge >= 0.3 is 0 Å². The number of fused-ring (bicyclic) bond motifs is 1. The molecule has 4 rings (SSSR count). The van der Waals surface area contributed by atoms with Crippen molar-refractivity contribution in [1.82, 2.24) is 0 Å². The fraction of sp³-hybridized carbons (Fsp3) is 0.286. The molecule has 0 amide bonds. The fourth-order valence-electron chi connectivity index (χ4n) is 3.50. The first-order valence-corrected chi connectivity index (χ1v) is 9.64. The van der Waals surface area contributed by atoms with Crippen LogP contribution in [-0.4, -0.2) is 78.2 Å². The van der Waals surface area contributed by atoms with E-state index in [0.29, 0.717) is 0 Å². The first-order valence-electron chi connectivity index (χ1n) is 9.64. The maximum absolute atomic E-state index is 13.0. The molecule has 33 heavy (non-hydrogen) atoms. The summed E-state index contributed by atoms with van der Waals surface area (Å²) in [5.41, 5.74) is -1.21. The molecule has 12 nitrogen and oxygen atoms in total. The molecule has 0 bridgehead atoms. The van der Waals surface area contributed by atoms with Crippen LogP contribution >= 0.6 is 0 Å². The normalized spacial score (nSPS) is 25.3. The van der Waals surface area contributed by atoms with Crippen LogP contribution in [0.4, 0.5) is 0 Å². The third kappa shape index (κ3) is 3.90. The van der Waals surface area contributed by atoms with E-state index >= 15 is 0 Å². The second kappa shape index (κ2) is 8.42. The van der Waals surface area contributed by atoms with Crippen molar-refractivity contribution >= 4 is 11.0 Å². The number of rotatable bonds is 4. The minimum atomic E-state index is -1.79. The zero-order valence-electron chi connectivity index (χ0n) is 16.7. The Morgan fingerprint density at radius 2 is 1.64 bits per heavy atom. The lowest BCUT2D eigenvalue weighted by molar-refractivity contribution is -0.277. The van der Waals surface area contributed by atoms with Gasteiger partial charge in [0, 0.05) is 17.7 Å². The molecule has 0 saturated carbocycles. The van der Waals surface area contributed by atoms with Gasteiger partial charge in [-0.2, -0.15) is 0 Å². The molecule has 1 aliphatic heterocycles. The number of phenolic OH excluding ortho intramolecular Hbond substituents is 3. The smallest absolute Gasteiger partial charge is 0.238 e. The van der Waals surface area contributed by atoms with Crippen LogP contribution in [0.25, 0.3) is 22.3 Å². The minimum Gasteiger partial charge on any atom is -0.508 e. The standard InChI is InChI=1S/C21H20O12/c22-6-13-15(26)17(28)19(30)21(33-13)32-12-5-8(23)4-11-14(12)16(27)18(29)20(31-11)7-1-2-9(24)10(25)3-7/h1-5,13,15,17,19,21-26,28-30H,6H2/t13-,15-,17+,19-,21-/m0/s1. The number of aliphatic hydroxyl groups is 4. The Kier molecular flexibility index (Phi) is 5.78. The zero-order valence-corrected chi connectivity index (χ0v) is 16.7. The van der Waals surface area contributed by atoms with Crippen molar-refractivity contribution in [3.8, 4) is 40.1 Å². The quantitative estimate of drug-likeness (QED) is 0.229. The molecular formula is C21H20O12. The molecule has 2 aromatic carbocycles. The lowest BCUT2D eigenvalue weighted by Gasteiger charge is -2.39. The van der Waals surface area contributed by atoms with E-state index in [0.717, 1.165) is 24.3 Å². The Morgan fingerprint density at radius 3 is 2.30 bits per heavy atom. The largest absolute Gasteiger partial charge is 0.508 e. The maximum atomic E-state index is 13.0. The minimum absolute atomic E-state index is 0.0431. The van der Waals surface area contributed by atoms with Crippen molar-refractivity contribution in [2.45, 2.75) is 30.7 Å². The molecule has 1 aliphatic rings. The lowest BCUT2D eigenvalue weighted by atomic mass is 9.99. The van der Waals surface area contributed by atoms with Crippen molar-refractivity contribution in [3.63, 3.8) is 0 Å². The summed E-state index contributed by atoms with van der Waals surface area (Å²) >= 11 is 0. The van der Waals surface area contributed by atoms with E-state index in [1.165, 1.54) is 6.07 Å². The van der Waals surface area contributed by atoms with Gasteiger partial charge in [0.2, 0.25) is 17.5 Å². The molecule has 1 fully saturated rings. The second-order valence-corrected chi connectivity index (χ2v) is 7.44. The van der Waals surface area contributed by atoms with Crippen molar-refractivity contribution in [2.24, 2.45) is 0 Å². The monoisotopic (exact) mass is 464 g/mol. The van der Waals surface area contributed by atoms with Crippen molar-refractivity contribution in [2.75, 3.05) is 6.61 Å². The van der Waals surface area contributed by atoms with Gasteiger partial charge < -0.3 is 54.7 Å².